The molecule has 0 aliphatic carbocycles. The van der Waals surface area contributed by atoms with Crippen molar-refractivity contribution in [1.29, 1.82) is 0 Å². The zero-order valence-electron chi connectivity index (χ0n) is 16.2. The fourth-order valence-electron chi connectivity index (χ4n) is 3.94. The molecule has 3 aliphatic heterocycles. The zero-order valence-corrected chi connectivity index (χ0v) is 16.2. The lowest BCUT2D eigenvalue weighted by molar-refractivity contribution is 0.0411. The first-order valence-electron chi connectivity index (χ1n) is 9.65. The summed E-state index contributed by atoms with van der Waals surface area (Å²) in [6, 6.07) is 9.94. The molecule has 0 spiro atoms. The predicted octanol–water partition coefficient (Wildman–Crippen LogP) is 2.74. The fraction of sp³-hybridized carbons (Fsp3) is 0.429. The Bertz CT molecular complexity index is 846. The Morgan fingerprint density at radius 3 is 2.96 bits per heavy atom. The molecule has 7 nitrogen and oxygen atoms in total. The molecular weight excluding hydrogens is 354 g/mol. The normalized spacial score (nSPS) is 26.1. The van der Waals surface area contributed by atoms with Crippen LogP contribution in [0.25, 0.3) is 0 Å². The van der Waals surface area contributed by atoms with Gasteiger partial charge in [-0.2, -0.15) is 0 Å². The first-order chi connectivity index (χ1) is 13.6. The molecule has 1 aromatic carbocycles. The number of amidine groups is 1. The molecular formula is C21H25N5O2. The van der Waals surface area contributed by atoms with E-state index in [0.717, 1.165) is 23.4 Å². The molecule has 0 bridgehead atoms. The van der Waals surface area contributed by atoms with Crippen LogP contribution in [-0.4, -0.2) is 66.6 Å². The van der Waals surface area contributed by atoms with Gasteiger partial charge in [0.15, 0.2) is 5.84 Å². The van der Waals surface area contributed by atoms with Crippen LogP contribution in [0.2, 0.25) is 0 Å². The molecule has 4 rings (SSSR count). The van der Waals surface area contributed by atoms with Crippen LogP contribution in [0.5, 0.6) is 0 Å². The van der Waals surface area contributed by atoms with E-state index in [-0.39, 0.29) is 18.3 Å². The van der Waals surface area contributed by atoms with E-state index in [4.69, 9.17) is 4.74 Å². The number of likely N-dealkylation sites (tertiary alicyclic amines) is 1. The topological polar surface area (TPSA) is 69.9 Å². The van der Waals surface area contributed by atoms with E-state index in [1.165, 1.54) is 0 Å². The van der Waals surface area contributed by atoms with Gasteiger partial charge in [0.2, 0.25) is 0 Å². The molecule has 1 amide bonds. The minimum absolute atomic E-state index is 0.122. The Morgan fingerprint density at radius 2 is 2.14 bits per heavy atom. The summed E-state index contributed by atoms with van der Waals surface area (Å²) in [6.07, 6.45) is 5.87. The molecule has 0 N–H and O–H groups in total. The summed E-state index contributed by atoms with van der Waals surface area (Å²) in [6.45, 7) is 3.86. The number of aliphatic imine (C=N–C) groups is 3. The maximum Gasteiger partial charge on any atom is 0.410 e. The summed E-state index contributed by atoms with van der Waals surface area (Å²) in [4.78, 5) is 29.7. The monoisotopic (exact) mass is 379 g/mol. The average Bonchev–Trinajstić information content (AvgIpc) is 3.21. The molecule has 0 aromatic heterocycles. The molecule has 1 fully saturated rings. The summed E-state index contributed by atoms with van der Waals surface area (Å²) in [5.41, 5.74) is 2.01. The molecule has 0 radical (unpaired) electrons. The highest BCUT2D eigenvalue weighted by atomic mass is 16.6. The number of allylic oxidation sites excluding steroid dienone is 1. The Morgan fingerprint density at radius 1 is 1.32 bits per heavy atom. The van der Waals surface area contributed by atoms with Crippen molar-refractivity contribution in [1.82, 2.24) is 9.80 Å². The third-order valence-corrected chi connectivity index (χ3v) is 5.67. The van der Waals surface area contributed by atoms with Gasteiger partial charge >= 0.3 is 6.09 Å². The number of nitrogens with zero attached hydrogens (tertiary/aromatic N) is 5. The van der Waals surface area contributed by atoms with Gasteiger partial charge < -0.3 is 9.64 Å². The van der Waals surface area contributed by atoms with Crippen LogP contribution >= 0.6 is 0 Å². The molecule has 7 heteroatoms. The van der Waals surface area contributed by atoms with Gasteiger partial charge in [-0.1, -0.05) is 37.3 Å². The average molecular weight is 379 g/mol. The highest BCUT2D eigenvalue weighted by Gasteiger charge is 2.37. The van der Waals surface area contributed by atoms with E-state index < -0.39 is 0 Å². The number of likely N-dealkylation sites (N-methyl/N-ethyl adjacent to an activating group) is 1. The van der Waals surface area contributed by atoms with E-state index in [1.807, 2.05) is 41.3 Å². The maximum atomic E-state index is 12.6. The number of benzene rings is 1. The van der Waals surface area contributed by atoms with Crippen molar-refractivity contribution in [2.24, 2.45) is 20.9 Å². The fourth-order valence-corrected chi connectivity index (χ4v) is 3.94. The largest absolute Gasteiger partial charge is 0.445 e. The summed E-state index contributed by atoms with van der Waals surface area (Å²) in [5, 5.41) is 0. The number of hydrogen-bond donors (Lipinski definition) is 0. The number of amides is 1. The lowest BCUT2D eigenvalue weighted by Crippen LogP contribution is -2.55. The third kappa shape index (κ3) is 3.75. The van der Waals surface area contributed by atoms with Crippen molar-refractivity contribution in [3.63, 3.8) is 0 Å². The lowest BCUT2D eigenvalue weighted by Gasteiger charge is -2.43. The van der Waals surface area contributed by atoms with Gasteiger partial charge in [0.25, 0.3) is 0 Å². The number of piperidine rings is 1. The molecule has 0 saturated carbocycles. The quantitative estimate of drug-likeness (QED) is 0.808. The molecule has 28 heavy (non-hydrogen) atoms. The van der Waals surface area contributed by atoms with E-state index in [2.05, 4.69) is 33.8 Å². The van der Waals surface area contributed by atoms with Gasteiger partial charge in [-0.05, 0) is 31.0 Å². The number of ether oxygens (including phenoxy) is 1. The van der Waals surface area contributed by atoms with Gasteiger partial charge in [-0.15, -0.1) is 0 Å². The summed E-state index contributed by atoms with van der Waals surface area (Å²) in [7, 11) is 2.06. The van der Waals surface area contributed by atoms with Gasteiger partial charge in [0.05, 0.1) is 0 Å². The molecule has 3 aliphatic rings. The van der Waals surface area contributed by atoms with Crippen LogP contribution in [0, 0.1) is 5.92 Å². The van der Waals surface area contributed by atoms with Crippen LogP contribution in [0.3, 0.4) is 0 Å². The predicted molar refractivity (Wildman–Crippen MR) is 110 cm³/mol. The van der Waals surface area contributed by atoms with Crippen molar-refractivity contribution in [3.8, 4) is 0 Å². The Labute approximate surface area is 165 Å². The van der Waals surface area contributed by atoms with E-state index in [9.17, 15) is 4.79 Å². The standard InChI is InChI=1S/C21H25N5O2/c1-15-9-11-26(21(27)28-13-16-6-4-3-5-7-16)12-18(15)25(2)20-17-8-10-22-19(17)23-14-24-20/h3-8,10,14-15,18,20H,9,11-13H2,1-2H3/t15-,18-,20-/m1/s1. The molecule has 3 atom stereocenters. The zero-order chi connectivity index (χ0) is 19.5. The second-order valence-electron chi connectivity index (χ2n) is 7.48. The molecule has 1 aromatic rings. The number of rotatable bonds is 4. The summed E-state index contributed by atoms with van der Waals surface area (Å²) in [5.74, 6) is 1.18. The van der Waals surface area contributed by atoms with Crippen molar-refractivity contribution in [3.05, 3.63) is 47.5 Å². The third-order valence-electron chi connectivity index (χ3n) is 5.67. The minimum Gasteiger partial charge on any atom is -0.445 e. The summed E-state index contributed by atoms with van der Waals surface area (Å²) < 4.78 is 5.53. The molecule has 3 heterocycles. The van der Waals surface area contributed by atoms with E-state index >= 15 is 0 Å². The first-order valence-corrected chi connectivity index (χ1v) is 9.65. The van der Waals surface area contributed by atoms with E-state index in [1.54, 1.807) is 12.6 Å². The van der Waals surface area contributed by atoms with E-state index in [0.29, 0.717) is 25.6 Å². The van der Waals surface area contributed by atoms with Crippen molar-refractivity contribution < 1.29 is 9.53 Å². The van der Waals surface area contributed by atoms with Crippen LogP contribution in [0.4, 0.5) is 4.79 Å². The Balaban J connectivity index is 1.40. The van der Waals surface area contributed by atoms with Gasteiger partial charge in [-0.3, -0.25) is 4.90 Å². The number of carbonyl (C=O) groups excluding carboxylic acids is 1. The van der Waals surface area contributed by atoms with Crippen molar-refractivity contribution >= 4 is 24.5 Å². The van der Waals surface area contributed by atoms with Crippen molar-refractivity contribution in [2.45, 2.75) is 32.2 Å². The second kappa shape index (κ2) is 8.06. The number of fused-ring (bicyclic) bond motifs is 1. The Kier molecular flexibility index (Phi) is 5.34. The van der Waals surface area contributed by atoms with Gasteiger partial charge in [0.1, 0.15) is 19.1 Å². The van der Waals surface area contributed by atoms with Crippen LogP contribution in [-0.2, 0) is 11.3 Å². The highest BCUT2D eigenvalue weighted by Crippen LogP contribution is 2.28. The van der Waals surface area contributed by atoms with Gasteiger partial charge in [-0.25, -0.2) is 19.8 Å². The molecule has 0 unspecified atom stereocenters. The number of hydrogen-bond acceptors (Lipinski definition) is 6. The van der Waals surface area contributed by atoms with Crippen LogP contribution < -0.4 is 0 Å². The lowest BCUT2D eigenvalue weighted by atomic mass is 9.91. The Hall–Kier alpha value is -2.80. The second-order valence-corrected chi connectivity index (χ2v) is 7.48. The van der Waals surface area contributed by atoms with Gasteiger partial charge in [0, 0.05) is 30.9 Å². The SMILES string of the molecule is C[C@@H]1CCN(C(=O)OCc2ccccc2)C[C@H]1N(C)[C@H]1N=CN=C2N=CC=C21. The molecule has 1 saturated heterocycles. The first kappa shape index (κ1) is 18.6. The highest BCUT2D eigenvalue weighted by molar-refractivity contribution is 6.14. The number of carbonyl (C=O) groups is 1. The van der Waals surface area contributed by atoms with Crippen LogP contribution in [0.15, 0.2) is 57.0 Å². The maximum absolute atomic E-state index is 12.6. The summed E-state index contributed by atoms with van der Waals surface area (Å²) >= 11 is 0. The smallest absolute Gasteiger partial charge is 0.410 e. The molecule has 146 valence electrons. The van der Waals surface area contributed by atoms with Crippen LogP contribution in [0.1, 0.15) is 18.9 Å². The minimum atomic E-state index is -0.257. The van der Waals surface area contributed by atoms with Crippen molar-refractivity contribution in [2.75, 3.05) is 20.1 Å².